The lowest BCUT2D eigenvalue weighted by Gasteiger charge is -2.02. The number of nitrogens with zero attached hydrogens (tertiary/aromatic N) is 3. The highest BCUT2D eigenvalue weighted by Gasteiger charge is 2.13. The molecule has 3 rings (SSSR count). The van der Waals surface area contributed by atoms with Crippen LogP contribution in [0.25, 0.3) is 5.69 Å². The quantitative estimate of drug-likeness (QED) is 0.707. The van der Waals surface area contributed by atoms with Gasteiger partial charge in [0.1, 0.15) is 0 Å². The van der Waals surface area contributed by atoms with Crippen molar-refractivity contribution in [3.8, 4) is 5.69 Å². The zero-order valence-electron chi connectivity index (χ0n) is 13.7. The molecule has 0 aliphatic heterocycles. The zero-order valence-corrected chi connectivity index (χ0v) is 13.7. The number of hydrogen-bond donors (Lipinski definition) is 2. The predicted octanol–water partition coefficient (Wildman–Crippen LogP) is 3.90. The van der Waals surface area contributed by atoms with Crippen LogP contribution >= 0.6 is 0 Å². The van der Waals surface area contributed by atoms with E-state index in [2.05, 4.69) is 15.3 Å². The number of azo groups is 1. The molecule has 7 heteroatoms. The van der Waals surface area contributed by atoms with Crippen molar-refractivity contribution in [2.45, 2.75) is 13.8 Å². The Morgan fingerprint density at radius 2 is 1.84 bits per heavy atom. The zero-order chi connectivity index (χ0) is 18.0. The third-order valence-electron chi connectivity index (χ3n) is 3.66. The van der Waals surface area contributed by atoms with Gasteiger partial charge in [0, 0.05) is 0 Å². The summed E-state index contributed by atoms with van der Waals surface area (Å²) >= 11 is 0. The number of H-pyrrole nitrogens is 1. The average Bonchev–Trinajstić information content (AvgIpc) is 2.87. The first-order valence-corrected chi connectivity index (χ1v) is 7.59. The first kappa shape index (κ1) is 16.4. The molecule has 0 spiro atoms. The third kappa shape index (κ3) is 3.40. The minimum atomic E-state index is -1.06. The normalized spacial score (nSPS) is 11.1. The molecular formula is C18H16N4O3. The molecule has 0 saturated carbocycles. The molecule has 3 aromatic rings. The fraction of sp³-hybridized carbons (Fsp3) is 0.111. The van der Waals surface area contributed by atoms with Gasteiger partial charge < -0.3 is 5.11 Å². The van der Waals surface area contributed by atoms with Gasteiger partial charge in [0.25, 0.3) is 5.56 Å². The maximum absolute atomic E-state index is 12.6. The van der Waals surface area contributed by atoms with Crippen molar-refractivity contribution >= 4 is 17.3 Å². The van der Waals surface area contributed by atoms with Crippen molar-refractivity contribution in [1.29, 1.82) is 0 Å². The summed E-state index contributed by atoms with van der Waals surface area (Å²) in [6.45, 7) is 3.66. The summed E-state index contributed by atoms with van der Waals surface area (Å²) < 4.78 is 1.26. The molecular weight excluding hydrogens is 320 g/mol. The largest absolute Gasteiger partial charge is 0.478 e. The Kier molecular flexibility index (Phi) is 4.30. The maximum atomic E-state index is 12.6. The lowest BCUT2D eigenvalue weighted by atomic mass is 10.2. The Labute approximate surface area is 143 Å². The fourth-order valence-electron chi connectivity index (χ4n) is 2.41. The molecule has 2 N–H and O–H groups in total. The van der Waals surface area contributed by atoms with Crippen molar-refractivity contribution in [3.63, 3.8) is 0 Å². The number of aromatic carboxylic acids is 1. The number of aromatic nitrogens is 2. The van der Waals surface area contributed by atoms with Crippen molar-refractivity contribution < 1.29 is 9.90 Å². The first-order chi connectivity index (χ1) is 12.0. The smallest absolute Gasteiger partial charge is 0.335 e. The first-order valence-electron chi connectivity index (χ1n) is 7.59. The van der Waals surface area contributed by atoms with E-state index in [0.717, 1.165) is 5.56 Å². The lowest BCUT2D eigenvalue weighted by Crippen LogP contribution is -2.14. The van der Waals surface area contributed by atoms with Crippen molar-refractivity contribution in [2.24, 2.45) is 10.2 Å². The van der Waals surface area contributed by atoms with E-state index in [-0.39, 0.29) is 11.3 Å². The van der Waals surface area contributed by atoms with Crippen molar-refractivity contribution in [1.82, 2.24) is 9.78 Å². The summed E-state index contributed by atoms with van der Waals surface area (Å²) in [5.74, 6) is -1.06. The lowest BCUT2D eigenvalue weighted by molar-refractivity contribution is 0.0697. The standard InChI is InChI=1S/C18H16N4O3/c1-11-5-3-7-14(9-11)19-20-16-12(2)21-22(17(16)23)15-8-4-6-13(10-15)18(24)25/h3-10,21H,1-2H3,(H,24,25). The van der Waals surface area contributed by atoms with Crippen LogP contribution in [-0.2, 0) is 0 Å². The second-order valence-corrected chi connectivity index (χ2v) is 5.62. The molecule has 0 radical (unpaired) electrons. The summed E-state index contributed by atoms with van der Waals surface area (Å²) in [7, 11) is 0. The van der Waals surface area contributed by atoms with Crippen LogP contribution in [0, 0.1) is 13.8 Å². The van der Waals surface area contributed by atoms with Crippen LogP contribution in [-0.4, -0.2) is 20.9 Å². The molecule has 1 heterocycles. The number of carboxylic acid groups (broad SMARTS) is 1. The fourth-order valence-corrected chi connectivity index (χ4v) is 2.41. The van der Waals surface area contributed by atoms with Gasteiger partial charge in [-0.1, -0.05) is 18.2 Å². The molecule has 7 nitrogen and oxygen atoms in total. The van der Waals surface area contributed by atoms with E-state index in [4.69, 9.17) is 5.11 Å². The van der Waals surface area contributed by atoms with Crippen molar-refractivity contribution in [2.75, 3.05) is 0 Å². The van der Waals surface area contributed by atoms with E-state index in [9.17, 15) is 9.59 Å². The van der Waals surface area contributed by atoms with E-state index in [1.54, 1.807) is 25.1 Å². The Morgan fingerprint density at radius 3 is 2.56 bits per heavy atom. The van der Waals surface area contributed by atoms with Crippen LogP contribution in [0.1, 0.15) is 21.6 Å². The predicted molar refractivity (Wildman–Crippen MR) is 93.4 cm³/mol. The molecule has 0 aliphatic carbocycles. The average molecular weight is 336 g/mol. The summed E-state index contributed by atoms with van der Waals surface area (Å²) in [5, 5.41) is 20.2. The molecule has 0 fully saturated rings. The molecule has 0 aliphatic rings. The molecule has 0 bridgehead atoms. The number of carbonyl (C=O) groups is 1. The van der Waals surface area contributed by atoms with E-state index in [1.165, 1.54) is 16.8 Å². The molecule has 1 aromatic heterocycles. The summed E-state index contributed by atoms with van der Waals surface area (Å²) in [4.78, 5) is 23.7. The van der Waals surface area contributed by atoms with E-state index in [1.807, 2.05) is 25.1 Å². The van der Waals surface area contributed by atoms with E-state index >= 15 is 0 Å². The van der Waals surface area contributed by atoms with E-state index in [0.29, 0.717) is 17.1 Å². The molecule has 25 heavy (non-hydrogen) atoms. The topological polar surface area (TPSA) is 99.8 Å². The molecule has 2 aromatic carbocycles. The second-order valence-electron chi connectivity index (χ2n) is 5.62. The Hall–Kier alpha value is -3.48. The van der Waals surface area contributed by atoms with E-state index < -0.39 is 11.5 Å². The summed E-state index contributed by atoms with van der Waals surface area (Å²) in [6, 6.07) is 13.6. The highest BCUT2D eigenvalue weighted by molar-refractivity contribution is 5.88. The highest BCUT2D eigenvalue weighted by atomic mass is 16.4. The summed E-state index contributed by atoms with van der Waals surface area (Å²) in [6.07, 6.45) is 0. The minimum absolute atomic E-state index is 0.0968. The van der Waals surface area contributed by atoms with Gasteiger partial charge in [0.05, 0.1) is 22.6 Å². The molecule has 0 saturated heterocycles. The number of hydrogen-bond acceptors (Lipinski definition) is 4. The molecule has 0 amide bonds. The van der Waals surface area contributed by atoms with Gasteiger partial charge in [-0.2, -0.15) is 5.11 Å². The molecule has 126 valence electrons. The van der Waals surface area contributed by atoms with Gasteiger partial charge in [-0.05, 0) is 49.7 Å². The van der Waals surface area contributed by atoms with Crippen LogP contribution in [0.3, 0.4) is 0 Å². The van der Waals surface area contributed by atoms with Gasteiger partial charge in [0.15, 0.2) is 5.69 Å². The van der Waals surface area contributed by atoms with Crippen molar-refractivity contribution in [3.05, 3.63) is 75.7 Å². The Balaban J connectivity index is 2.00. The van der Waals surface area contributed by atoms with Crippen LogP contribution in [0.4, 0.5) is 11.4 Å². The highest BCUT2D eigenvalue weighted by Crippen LogP contribution is 2.20. The maximum Gasteiger partial charge on any atom is 0.335 e. The van der Waals surface area contributed by atoms with Gasteiger partial charge in [-0.15, -0.1) is 5.11 Å². The number of benzene rings is 2. The monoisotopic (exact) mass is 336 g/mol. The SMILES string of the molecule is Cc1cccc(N=Nc2c(C)[nH]n(-c3cccc(C(=O)O)c3)c2=O)c1. The Morgan fingerprint density at radius 1 is 1.08 bits per heavy atom. The number of carboxylic acids is 1. The second kappa shape index (κ2) is 6.56. The molecule has 0 unspecified atom stereocenters. The van der Waals surface area contributed by atoms with Crippen LogP contribution in [0.5, 0.6) is 0 Å². The minimum Gasteiger partial charge on any atom is -0.478 e. The van der Waals surface area contributed by atoms with Crippen LogP contribution in [0.15, 0.2) is 63.6 Å². The van der Waals surface area contributed by atoms with Crippen LogP contribution in [0.2, 0.25) is 0 Å². The van der Waals surface area contributed by atoms with Gasteiger partial charge in [-0.25, -0.2) is 9.48 Å². The Bertz CT molecular complexity index is 1030. The molecule has 0 atom stereocenters. The summed E-state index contributed by atoms with van der Waals surface area (Å²) in [5.41, 5.74) is 2.55. The van der Waals surface area contributed by atoms with Gasteiger partial charge in [0.2, 0.25) is 0 Å². The number of nitrogens with one attached hydrogen (secondary N) is 1. The number of aryl methyl sites for hydroxylation is 2. The number of aromatic amines is 1. The number of rotatable bonds is 4. The van der Waals surface area contributed by atoms with Gasteiger partial charge in [-0.3, -0.25) is 9.89 Å². The van der Waals surface area contributed by atoms with Crippen LogP contribution < -0.4 is 5.56 Å². The van der Waals surface area contributed by atoms with Gasteiger partial charge >= 0.3 is 5.97 Å². The third-order valence-corrected chi connectivity index (χ3v) is 3.66.